The first-order valence-corrected chi connectivity index (χ1v) is 6.64. The molecule has 0 aliphatic rings. The van der Waals surface area contributed by atoms with E-state index in [1.165, 1.54) is 0 Å². The van der Waals surface area contributed by atoms with Gasteiger partial charge in [0.2, 0.25) is 0 Å². The molecule has 0 aromatic carbocycles. The summed E-state index contributed by atoms with van der Waals surface area (Å²) in [5.41, 5.74) is 5.01. The van der Waals surface area contributed by atoms with Crippen LogP contribution < -0.4 is 5.73 Å². The van der Waals surface area contributed by atoms with Gasteiger partial charge in [0.05, 0.1) is 17.8 Å². The lowest BCUT2D eigenvalue weighted by molar-refractivity contribution is -0.0570. The zero-order valence-corrected chi connectivity index (χ0v) is 12.4. The highest BCUT2D eigenvalue weighted by Gasteiger charge is 2.23. The lowest BCUT2D eigenvalue weighted by Crippen LogP contribution is -2.31. The number of rotatable bonds is 8. The predicted octanol–water partition coefficient (Wildman–Crippen LogP) is 2.71. The molecule has 0 saturated carbocycles. The van der Waals surface area contributed by atoms with Crippen LogP contribution in [0.1, 0.15) is 60.8 Å². The number of aliphatic hydroxyl groups is 1. The maximum atomic E-state index is 9.62. The molecule has 17 heavy (non-hydrogen) atoms. The van der Waals surface area contributed by atoms with E-state index >= 15 is 0 Å². The van der Waals surface area contributed by atoms with Gasteiger partial charge in [-0.2, -0.15) is 0 Å². The molecule has 3 N–H and O–H groups in total. The van der Waals surface area contributed by atoms with Crippen LogP contribution in [-0.2, 0) is 4.74 Å². The number of nitrogens with two attached hydrogens (primary N) is 1. The second kappa shape index (κ2) is 6.72. The van der Waals surface area contributed by atoms with E-state index in [4.69, 9.17) is 10.5 Å². The quantitative estimate of drug-likeness (QED) is 0.691. The third-order valence-corrected chi connectivity index (χ3v) is 2.82. The Morgan fingerprint density at radius 3 is 2.12 bits per heavy atom. The van der Waals surface area contributed by atoms with Gasteiger partial charge in [-0.15, -0.1) is 0 Å². The summed E-state index contributed by atoms with van der Waals surface area (Å²) in [7, 11) is 0. The second-order valence-corrected chi connectivity index (χ2v) is 6.69. The Balaban J connectivity index is 3.94. The van der Waals surface area contributed by atoms with Crippen molar-refractivity contribution in [3.05, 3.63) is 0 Å². The van der Waals surface area contributed by atoms with Crippen LogP contribution in [0, 0.1) is 5.92 Å². The van der Waals surface area contributed by atoms with Crippen LogP contribution in [-0.4, -0.2) is 29.0 Å². The minimum atomic E-state index is -0.645. The maximum absolute atomic E-state index is 9.62. The zero-order valence-electron chi connectivity index (χ0n) is 12.4. The van der Waals surface area contributed by atoms with Crippen LogP contribution >= 0.6 is 0 Å². The van der Waals surface area contributed by atoms with Gasteiger partial charge in [0, 0.05) is 6.04 Å². The number of hydrogen-bond acceptors (Lipinski definition) is 3. The molecule has 0 heterocycles. The van der Waals surface area contributed by atoms with Crippen molar-refractivity contribution in [1.29, 1.82) is 0 Å². The van der Waals surface area contributed by atoms with E-state index in [1.807, 2.05) is 20.8 Å². The van der Waals surface area contributed by atoms with Gasteiger partial charge in [-0.3, -0.25) is 0 Å². The fourth-order valence-corrected chi connectivity index (χ4v) is 2.19. The van der Waals surface area contributed by atoms with Crippen molar-refractivity contribution in [2.24, 2.45) is 11.7 Å². The van der Waals surface area contributed by atoms with Gasteiger partial charge in [-0.05, 0) is 59.8 Å². The molecule has 0 aromatic heterocycles. The monoisotopic (exact) mass is 245 g/mol. The normalized spacial score (nSPS) is 16.9. The minimum Gasteiger partial charge on any atom is -0.390 e. The first-order valence-electron chi connectivity index (χ1n) is 6.64. The van der Waals surface area contributed by atoms with Gasteiger partial charge in [0.1, 0.15) is 0 Å². The summed E-state index contributed by atoms with van der Waals surface area (Å²) in [5.74, 6) is 0.562. The molecule has 3 heteroatoms. The third kappa shape index (κ3) is 10.7. The van der Waals surface area contributed by atoms with E-state index in [1.54, 1.807) is 0 Å². The van der Waals surface area contributed by atoms with Crippen molar-refractivity contribution in [2.45, 2.75) is 78.0 Å². The topological polar surface area (TPSA) is 55.5 Å². The molecule has 3 nitrogen and oxygen atoms in total. The Bertz CT molecular complexity index is 207. The first-order chi connectivity index (χ1) is 7.52. The number of ether oxygens (including phenoxy) is 1. The molecule has 2 atom stereocenters. The van der Waals surface area contributed by atoms with Crippen LogP contribution in [0.25, 0.3) is 0 Å². The van der Waals surface area contributed by atoms with Crippen LogP contribution in [0.4, 0.5) is 0 Å². The molecule has 0 amide bonds. The van der Waals surface area contributed by atoms with Crippen LogP contribution in [0.2, 0.25) is 0 Å². The van der Waals surface area contributed by atoms with Crippen molar-refractivity contribution in [3.8, 4) is 0 Å². The summed E-state index contributed by atoms with van der Waals surface area (Å²) in [6.45, 7) is 12.7. The molecule has 0 saturated heterocycles. The molecule has 0 aliphatic carbocycles. The molecule has 0 bridgehead atoms. The SMILES string of the molecule is CC(N)CC(C)CC(C)(C)OCCC(C)(C)O. The van der Waals surface area contributed by atoms with Gasteiger partial charge >= 0.3 is 0 Å². The molecule has 0 rings (SSSR count). The fourth-order valence-electron chi connectivity index (χ4n) is 2.19. The average molecular weight is 245 g/mol. The summed E-state index contributed by atoms with van der Waals surface area (Å²) >= 11 is 0. The van der Waals surface area contributed by atoms with Crippen molar-refractivity contribution < 1.29 is 9.84 Å². The largest absolute Gasteiger partial charge is 0.390 e. The molecular weight excluding hydrogens is 214 g/mol. The van der Waals surface area contributed by atoms with E-state index in [9.17, 15) is 5.11 Å². The summed E-state index contributed by atoms with van der Waals surface area (Å²) < 4.78 is 5.86. The number of hydrogen-bond donors (Lipinski definition) is 2. The molecule has 0 radical (unpaired) electrons. The van der Waals surface area contributed by atoms with E-state index in [0.717, 1.165) is 12.8 Å². The third-order valence-electron chi connectivity index (χ3n) is 2.82. The predicted molar refractivity (Wildman–Crippen MR) is 73.0 cm³/mol. The van der Waals surface area contributed by atoms with Gasteiger partial charge < -0.3 is 15.6 Å². The summed E-state index contributed by atoms with van der Waals surface area (Å²) in [6, 6.07) is 0.247. The van der Waals surface area contributed by atoms with Crippen molar-refractivity contribution in [2.75, 3.05) is 6.61 Å². The van der Waals surface area contributed by atoms with Gasteiger partial charge in [0.15, 0.2) is 0 Å². The highest BCUT2D eigenvalue weighted by atomic mass is 16.5. The fraction of sp³-hybridized carbons (Fsp3) is 1.00. The van der Waals surface area contributed by atoms with Crippen molar-refractivity contribution in [1.82, 2.24) is 0 Å². The van der Waals surface area contributed by atoms with E-state index in [0.29, 0.717) is 18.9 Å². The molecular formula is C14H31NO2. The lowest BCUT2D eigenvalue weighted by atomic mass is 9.90. The molecule has 2 unspecified atom stereocenters. The lowest BCUT2D eigenvalue weighted by Gasteiger charge is -2.30. The van der Waals surface area contributed by atoms with Crippen molar-refractivity contribution >= 4 is 0 Å². The molecule has 104 valence electrons. The van der Waals surface area contributed by atoms with Crippen LogP contribution in [0.5, 0.6) is 0 Å². The summed E-state index contributed by atoms with van der Waals surface area (Å²) in [5, 5.41) is 9.62. The van der Waals surface area contributed by atoms with Gasteiger partial charge in [-0.25, -0.2) is 0 Å². The minimum absolute atomic E-state index is 0.139. The standard InChI is InChI=1S/C14H31NO2/c1-11(9-12(2)15)10-14(5,6)17-8-7-13(3,4)16/h11-12,16H,7-10,15H2,1-6H3. The molecule has 0 fully saturated rings. The second-order valence-electron chi connectivity index (χ2n) is 6.69. The van der Waals surface area contributed by atoms with E-state index < -0.39 is 5.60 Å². The van der Waals surface area contributed by atoms with Crippen molar-refractivity contribution in [3.63, 3.8) is 0 Å². The van der Waals surface area contributed by atoms with Gasteiger partial charge in [-0.1, -0.05) is 6.92 Å². The smallest absolute Gasteiger partial charge is 0.0629 e. The van der Waals surface area contributed by atoms with E-state index in [2.05, 4.69) is 20.8 Å². The maximum Gasteiger partial charge on any atom is 0.0629 e. The Hall–Kier alpha value is -0.120. The summed E-state index contributed by atoms with van der Waals surface area (Å²) in [4.78, 5) is 0. The highest BCUT2D eigenvalue weighted by molar-refractivity contribution is 4.75. The first kappa shape index (κ1) is 16.9. The summed E-state index contributed by atoms with van der Waals surface area (Å²) in [6.07, 6.45) is 2.69. The molecule has 0 aromatic rings. The van der Waals surface area contributed by atoms with Crippen LogP contribution in [0.15, 0.2) is 0 Å². The Kier molecular flexibility index (Phi) is 6.67. The highest BCUT2D eigenvalue weighted by Crippen LogP contribution is 2.24. The van der Waals surface area contributed by atoms with Gasteiger partial charge in [0.25, 0.3) is 0 Å². The average Bonchev–Trinajstić information content (AvgIpc) is 1.96. The Labute approximate surface area is 107 Å². The Morgan fingerprint density at radius 1 is 1.18 bits per heavy atom. The molecule has 0 aliphatic heterocycles. The molecule has 0 spiro atoms. The van der Waals surface area contributed by atoms with Crippen LogP contribution in [0.3, 0.4) is 0 Å². The Morgan fingerprint density at radius 2 is 1.71 bits per heavy atom. The zero-order chi connectivity index (χ0) is 13.7. The van der Waals surface area contributed by atoms with E-state index in [-0.39, 0.29) is 11.6 Å².